The molecule has 0 saturated heterocycles. The summed E-state index contributed by atoms with van der Waals surface area (Å²) < 4.78 is 39.3. The van der Waals surface area contributed by atoms with E-state index in [0.717, 1.165) is 11.1 Å². The Hall–Kier alpha value is -2.51. The highest BCUT2D eigenvalue weighted by Crippen LogP contribution is 2.24. The average molecular weight is 336 g/mol. The van der Waals surface area contributed by atoms with Crippen LogP contribution < -0.4 is 8.92 Å². The number of aromatic hydroxyl groups is 1. The second-order valence-corrected chi connectivity index (χ2v) is 5.70. The van der Waals surface area contributed by atoms with Gasteiger partial charge in [0.1, 0.15) is 17.2 Å². The molecule has 0 atom stereocenters. The van der Waals surface area contributed by atoms with Gasteiger partial charge in [0.25, 0.3) is 0 Å². The van der Waals surface area contributed by atoms with Crippen molar-refractivity contribution in [1.29, 1.82) is 0 Å². The highest BCUT2D eigenvalue weighted by atomic mass is 32.3. The second-order valence-electron chi connectivity index (χ2n) is 4.68. The van der Waals surface area contributed by atoms with Crippen LogP contribution in [0.3, 0.4) is 0 Å². The van der Waals surface area contributed by atoms with Crippen molar-refractivity contribution in [1.82, 2.24) is 0 Å². The molecule has 0 saturated carbocycles. The van der Waals surface area contributed by atoms with E-state index in [-0.39, 0.29) is 11.5 Å². The zero-order valence-corrected chi connectivity index (χ0v) is 13.2. The van der Waals surface area contributed by atoms with Crippen molar-refractivity contribution in [2.45, 2.75) is 6.42 Å². The summed E-state index contributed by atoms with van der Waals surface area (Å²) in [5, 5.41) is 9.41. The Balaban J connectivity index is 2.03. The molecule has 7 heteroatoms. The predicted octanol–water partition coefficient (Wildman–Crippen LogP) is 2.84. The van der Waals surface area contributed by atoms with Crippen LogP contribution >= 0.6 is 0 Å². The van der Waals surface area contributed by atoms with Crippen molar-refractivity contribution < 1.29 is 27.0 Å². The number of phenols is 1. The second kappa shape index (κ2) is 7.17. The standard InChI is InChI=1S/C16H16O6S/c1-21-16-11-14(17)8-7-13(16)4-2-3-12-5-9-15(10-6-12)22-23(18,19)20/h2-3,5-11,17H,4H2,1H3,(H,18,19,20)/b3-2+. The molecule has 0 unspecified atom stereocenters. The Morgan fingerprint density at radius 3 is 2.43 bits per heavy atom. The number of hydrogen-bond donors (Lipinski definition) is 2. The van der Waals surface area contributed by atoms with E-state index in [1.165, 1.54) is 19.2 Å². The van der Waals surface area contributed by atoms with Crippen molar-refractivity contribution in [3.63, 3.8) is 0 Å². The first kappa shape index (κ1) is 16.9. The number of hydrogen-bond acceptors (Lipinski definition) is 5. The number of ether oxygens (including phenoxy) is 1. The lowest BCUT2D eigenvalue weighted by atomic mass is 10.1. The van der Waals surface area contributed by atoms with Gasteiger partial charge in [-0.05, 0) is 35.7 Å². The molecule has 0 bridgehead atoms. The molecule has 6 nitrogen and oxygen atoms in total. The lowest BCUT2D eigenvalue weighted by Gasteiger charge is -2.06. The summed E-state index contributed by atoms with van der Waals surface area (Å²) in [6.07, 6.45) is 4.36. The maximum atomic E-state index is 10.6. The summed E-state index contributed by atoms with van der Waals surface area (Å²) in [4.78, 5) is 0. The van der Waals surface area contributed by atoms with Crippen LogP contribution in [0.2, 0.25) is 0 Å². The minimum atomic E-state index is -4.51. The molecule has 0 aliphatic heterocycles. The molecule has 0 amide bonds. The van der Waals surface area contributed by atoms with Crippen LogP contribution in [0.4, 0.5) is 0 Å². The van der Waals surface area contributed by atoms with Crippen LogP contribution in [0.15, 0.2) is 48.5 Å². The largest absolute Gasteiger partial charge is 0.508 e. The highest BCUT2D eigenvalue weighted by Gasteiger charge is 2.06. The van der Waals surface area contributed by atoms with Gasteiger partial charge in [-0.3, -0.25) is 4.55 Å². The summed E-state index contributed by atoms with van der Waals surface area (Å²) in [5.74, 6) is 0.778. The topological polar surface area (TPSA) is 93.1 Å². The average Bonchev–Trinajstić information content (AvgIpc) is 2.49. The molecule has 0 radical (unpaired) electrons. The van der Waals surface area contributed by atoms with Crippen LogP contribution in [0, 0.1) is 0 Å². The van der Waals surface area contributed by atoms with Gasteiger partial charge in [0.2, 0.25) is 0 Å². The van der Waals surface area contributed by atoms with Gasteiger partial charge >= 0.3 is 10.4 Å². The first-order chi connectivity index (χ1) is 10.9. The van der Waals surface area contributed by atoms with E-state index in [0.29, 0.717) is 12.2 Å². The fourth-order valence-electron chi connectivity index (χ4n) is 1.98. The van der Waals surface area contributed by atoms with Gasteiger partial charge in [0, 0.05) is 6.07 Å². The van der Waals surface area contributed by atoms with Gasteiger partial charge in [-0.1, -0.05) is 30.4 Å². The van der Waals surface area contributed by atoms with Crippen LogP contribution in [-0.4, -0.2) is 25.2 Å². The number of rotatable bonds is 6. The molecule has 23 heavy (non-hydrogen) atoms. The molecule has 0 aromatic heterocycles. The van der Waals surface area contributed by atoms with Gasteiger partial charge in [0.05, 0.1) is 7.11 Å². The Bertz CT molecular complexity index is 794. The van der Waals surface area contributed by atoms with Gasteiger partial charge in [-0.15, -0.1) is 0 Å². The first-order valence-electron chi connectivity index (χ1n) is 6.67. The van der Waals surface area contributed by atoms with Crippen molar-refractivity contribution in [3.05, 3.63) is 59.7 Å². The molecule has 2 N–H and O–H groups in total. The Morgan fingerprint density at radius 1 is 1.13 bits per heavy atom. The quantitative estimate of drug-likeness (QED) is 0.788. The summed E-state index contributed by atoms with van der Waals surface area (Å²) in [6.45, 7) is 0. The Morgan fingerprint density at radius 2 is 1.83 bits per heavy atom. The zero-order chi connectivity index (χ0) is 16.9. The molecule has 0 aliphatic rings. The van der Waals surface area contributed by atoms with E-state index in [2.05, 4.69) is 4.18 Å². The molecular weight excluding hydrogens is 320 g/mol. The van der Waals surface area contributed by atoms with E-state index in [1.807, 2.05) is 12.2 Å². The Kier molecular flexibility index (Phi) is 5.25. The van der Waals surface area contributed by atoms with Crippen LogP contribution in [0.25, 0.3) is 6.08 Å². The summed E-state index contributed by atoms with van der Waals surface area (Å²) in [6, 6.07) is 11.1. The lowest BCUT2D eigenvalue weighted by molar-refractivity contribution is 0.387. The zero-order valence-electron chi connectivity index (χ0n) is 12.3. The van der Waals surface area contributed by atoms with Gasteiger partial charge in [-0.25, -0.2) is 0 Å². The van der Waals surface area contributed by atoms with Crippen molar-refractivity contribution in [2.24, 2.45) is 0 Å². The molecule has 0 aliphatic carbocycles. The summed E-state index contributed by atoms with van der Waals surface area (Å²) >= 11 is 0. The lowest BCUT2D eigenvalue weighted by Crippen LogP contribution is -2.06. The number of phenolic OH excluding ortho intramolecular Hbond substituents is 1. The molecular formula is C16H16O6S. The van der Waals surface area contributed by atoms with Gasteiger partial charge in [-0.2, -0.15) is 8.42 Å². The van der Waals surface area contributed by atoms with E-state index < -0.39 is 10.4 Å². The van der Waals surface area contributed by atoms with Gasteiger partial charge < -0.3 is 14.0 Å². The predicted molar refractivity (Wildman–Crippen MR) is 86.0 cm³/mol. The van der Waals surface area contributed by atoms with Crippen molar-refractivity contribution in [2.75, 3.05) is 7.11 Å². The van der Waals surface area contributed by atoms with Crippen LogP contribution in [0.1, 0.15) is 11.1 Å². The molecule has 0 spiro atoms. The maximum Gasteiger partial charge on any atom is 0.446 e. The first-order valence-corrected chi connectivity index (χ1v) is 8.03. The molecule has 122 valence electrons. The third kappa shape index (κ3) is 5.32. The fourth-order valence-corrected chi connectivity index (χ4v) is 2.33. The van der Waals surface area contributed by atoms with E-state index in [4.69, 9.17) is 9.29 Å². The van der Waals surface area contributed by atoms with E-state index >= 15 is 0 Å². The monoisotopic (exact) mass is 336 g/mol. The molecule has 0 heterocycles. The van der Waals surface area contributed by atoms with E-state index in [1.54, 1.807) is 30.3 Å². The third-order valence-corrected chi connectivity index (χ3v) is 3.40. The molecule has 0 fully saturated rings. The Labute approximate surface area is 134 Å². The van der Waals surface area contributed by atoms with Gasteiger partial charge in [0.15, 0.2) is 0 Å². The van der Waals surface area contributed by atoms with E-state index in [9.17, 15) is 13.5 Å². The number of methoxy groups -OCH3 is 1. The molecule has 2 aromatic rings. The minimum Gasteiger partial charge on any atom is -0.508 e. The number of benzene rings is 2. The summed E-state index contributed by atoms with van der Waals surface area (Å²) in [7, 11) is -2.97. The number of allylic oxidation sites excluding steroid dienone is 1. The molecule has 2 rings (SSSR count). The highest BCUT2D eigenvalue weighted by molar-refractivity contribution is 7.81. The third-order valence-electron chi connectivity index (χ3n) is 3.00. The minimum absolute atomic E-state index is 0.0323. The van der Waals surface area contributed by atoms with Crippen molar-refractivity contribution >= 4 is 16.5 Å². The SMILES string of the molecule is COc1cc(O)ccc1C/C=C/c1ccc(OS(=O)(=O)O)cc1. The van der Waals surface area contributed by atoms with Crippen molar-refractivity contribution in [3.8, 4) is 17.2 Å². The van der Waals surface area contributed by atoms with Crippen LogP contribution in [-0.2, 0) is 16.8 Å². The summed E-state index contributed by atoms with van der Waals surface area (Å²) in [5.41, 5.74) is 1.76. The maximum absolute atomic E-state index is 10.6. The molecule has 2 aromatic carbocycles. The smallest absolute Gasteiger partial charge is 0.446 e. The van der Waals surface area contributed by atoms with Crippen LogP contribution in [0.5, 0.6) is 17.2 Å². The fraction of sp³-hybridized carbons (Fsp3) is 0.125. The normalized spacial score (nSPS) is 11.6.